The van der Waals surface area contributed by atoms with Gasteiger partial charge in [-0.05, 0) is 12.8 Å². The zero-order valence-corrected chi connectivity index (χ0v) is 6.90. The number of carboxylic acids is 1. The minimum Gasteiger partial charge on any atom is -0.476 e. The van der Waals surface area contributed by atoms with Gasteiger partial charge in [0.05, 0.1) is 0 Å². The Hall–Kier alpha value is -1.36. The highest BCUT2D eigenvalue weighted by molar-refractivity contribution is 5.86. The minimum atomic E-state index is -1.07. The van der Waals surface area contributed by atoms with Crippen LogP contribution in [0.4, 0.5) is 0 Å². The molecule has 0 saturated carbocycles. The number of hydrogen-bond donors (Lipinski definition) is 1. The Labute approximate surface area is 74.3 Å². The van der Waals surface area contributed by atoms with Crippen molar-refractivity contribution >= 4 is 5.97 Å². The molecule has 1 aromatic rings. The van der Waals surface area contributed by atoms with Gasteiger partial charge in [0.1, 0.15) is 6.10 Å². The van der Waals surface area contributed by atoms with Gasteiger partial charge in [-0.1, -0.05) is 0 Å². The number of nitrogens with zero attached hydrogens (tertiary/aromatic N) is 1. The van der Waals surface area contributed by atoms with E-state index in [1.807, 2.05) is 0 Å². The lowest BCUT2D eigenvalue weighted by atomic mass is 10.1. The molecule has 5 nitrogen and oxygen atoms in total. The summed E-state index contributed by atoms with van der Waals surface area (Å²) < 4.78 is 10.3. The fourth-order valence-electron chi connectivity index (χ4n) is 1.43. The number of carbonyl (C=O) groups is 1. The topological polar surface area (TPSA) is 72.6 Å². The third kappa shape index (κ3) is 1.42. The van der Waals surface area contributed by atoms with Crippen LogP contribution in [0, 0.1) is 0 Å². The van der Waals surface area contributed by atoms with Gasteiger partial charge in [-0.2, -0.15) is 0 Å². The van der Waals surface area contributed by atoms with Gasteiger partial charge >= 0.3 is 5.97 Å². The molecule has 0 aromatic carbocycles. The molecule has 70 valence electrons. The number of hydrogen-bond acceptors (Lipinski definition) is 4. The zero-order chi connectivity index (χ0) is 9.26. The second-order valence-electron chi connectivity index (χ2n) is 2.87. The van der Waals surface area contributed by atoms with Gasteiger partial charge in [-0.25, -0.2) is 9.78 Å². The molecule has 0 unspecified atom stereocenters. The summed E-state index contributed by atoms with van der Waals surface area (Å²) in [7, 11) is 0. The van der Waals surface area contributed by atoms with Gasteiger partial charge in [0.15, 0.2) is 17.8 Å². The van der Waals surface area contributed by atoms with Gasteiger partial charge in [-0.3, -0.25) is 0 Å². The fraction of sp³-hybridized carbons (Fsp3) is 0.500. The highest BCUT2D eigenvalue weighted by Crippen LogP contribution is 2.30. The van der Waals surface area contributed by atoms with Crippen LogP contribution < -0.4 is 0 Å². The number of aromatic carboxylic acids is 1. The quantitative estimate of drug-likeness (QED) is 0.746. The first-order valence-electron chi connectivity index (χ1n) is 4.07. The number of carboxylic acid groups (broad SMARTS) is 1. The minimum absolute atomic E-state index is 0.0353. The number of aromatic nitrogens is 1. The average Bonchev–Trinajstić information content (AvgIpc) is 2.74. The molecular formula is C8H9NO4. The summed E-state index contributed by atoms with van der Waals surface area (Å²) in [6, 6.07) is 0. The molecule has 2 rings (SSSR count). The highest BCUT2D eigenvalue weighted by atomic mass is 16.5. The molecule has 1 saturated heterocycles. The summed E-state index contributed by atoms with van der Waals surface area (Å²) in [5.74, 6) is -0.732. The van der Waals surface area contributed by atoms with Crippen molar-refractivity contribution in [2.75, 3.05) is 6.61 Å². The van der Waals surface area contributed by atoms with E-state index in [1.54, 1.807) is 0 Å². The highest BCUT2D eigenvalue weighted by Gasteiger charge is 2.27. The Morgan fingerprint density at radius 2 is 2.54 bits per heavy atom. The molecule has 1 aliphatic rings. The lowest BCUT2D eigenvalue weighted by Gasteiger charge is -2.04. The van der Waals surface area contributed by atoms with Crippen LogP contribution in [0.2, 0.25) is 0 Å². The summed E-state index contributed by atoms with van der Waals surface area (Å²) in [4.78, 5) is 14.3. The van der Waals surface area contributed by atoms with Crippen LogP contribution in [0.3, 0.4) is 0 Å². The van der Waals surface area contributed by atoms with Crippen LogP contribution in [0.1, 0.15) is 35.2 Å². The molecule has 0 spiro atoms. The van der Waals surface area contributed by atoms with Gasteiger partial charge in [0.25, 0.3) is 0 Å². The van der Waals surface area contributed by atoms with Gasteiger partial charge < -0.3 is 14.3 Å². The van der Waals surface area contributed by atoms with Crippen molar-refractivity contribution in [3.05, 3.63) is 17.8 Å². The van der Waals surface area contributed by atoms with Crippen LogP contribution >= 0.6 is 0 Å². The van der Waals surface area contributed by atoms with E-state index >= 15 is 0 Å². The molecule has 5 heteroatoms. The summed E-state index contributed by atoms with van der Waals surface area (Å²) in [5.41, 5.74) is -0.0353. The maximum absolute atomic E-state index is 10.7. The Bertz CT molecular complexity index is 314. The maximum Gasteiger partial charge on any atom is 0.358 e. The lowest BCUT2D eigenvalue weighted by Crippen LogP contribution is -2.05. The molecule has 0 bridgehead atoms. The Kier molecular flexibility index (Phi) is 2.02. The third-order valence-corrected chi connectivity index (χ3v) is 2.02. The fourth-order valence-corrected chi connectivity index (χ4v) is 1.43. The van der Waals surface area contributed by atoms with E-state index in [1.165, 1.54) is 0 Å². The molecule has 0 radical (unpaired) electrons. The number of rotatable bonds is 2. The van der Waals surface area contributed by atoms with E-state index in [0.29, 0.717) is 12.4 Å². The van der Waals surface area contributed by atoms with Crippen molar-refractivity contribution in [3.8, 4) is 0 Å². The van der Waals surface area contributed by atoms with E-state index < -0.39 is 5.97 Å². The van der Waals surface area contributed by atoms with Gasteiger partial charge in [0, 0.05) is 6.61 Å². The molecule has 1 fully saturated rings. The van der Waals surface area contributed by atoms with Crippen molar-refractivity contribution in [1.82, 2.24) is 4.98 Å². The Balaban J connectivity index is 2.28. The molecule has 1 aromatic heterocycles. The Morgan fingerprint density at radius 1 is 1.69 bits per heavy atom. The standard InChI is InChI=1S/C8H9NO4/c10-8(11)6-7(13-4-9-6)5-2-1-3-12-5/h4-5H,1-3H2,(H,10,11)/t5-/m0/s1. The van der Waals surface area contributed by atoms with E-state index in [-0.39, 0.29) is 11.8 Å². The molecule has 2 heterocycles. The largest absolute Gasteiger partial charge is 0.476 e. The lowest BCUT2D eigenvalue weighted by molar-refractivity contribution is 0.0660. The smallest absolute Gasteiger partial charge is 0.358 e. The second kappa shape index (κ2) is 3.18. The van der Waals surface area contributed by atoms with E-state index in [9.17, 15) is 4.79 Å². The van der Waals surface area contributed by atoms with Gasteiger partial charge in [0.2, 0.25) is 0 Å². The number of ether oxygens (including phenoxy) is 1. The average molecular weight is 183 g/mol. The van der Waals surface area contributed by atoms with E-state index in [4.69, 9.17) is 14.3 Å². The predicted octanol–water partition coefficient (Wildman–Crippen LogP) is 1.22. The summed E-state index contributed by atoms with van der Waals surface area (Å²) >= 11 is 0. The third-order valence-electron chi connectivity index (χ3n) is 2.02. The van der Waals surface area contributed by atoms with Crippen molar-refractivity contribution in [3.63, 3.8) is 0 Å². The summed E-state index contributed by atoms with van der Waals surface area (Å²) in [5, 5.41) is 8.74. The van der Waals surface area contributed by atoms with Crippen molar-refractivity contribution in [1.29, 1.82) is 0 Å². The number of oxazole rings is 1. The summed E-state index contributed by atoms with van der Waals surface area (Å²) in [6.45, 7) is 0.657. The van der Waals surface area contributed by atoms with Crippen LogP contribution in [-0.4, -0.2) is 22.7 Å². The second-order valence-corrected chi connectivity index (χ2v) is 2.87. The normalized spacial score (nSPS) is 22.0. The molecule has 0 amide bonds. The van der Waals surface area contributed by atoms with Crippen molar-refractivity contribution < 1.29 is 19.1 Å². The molecule has 1 aliphatic heterocycles. The summed E-state index contributed by atoms with van der Waals surface area (Å²) in [6.07, 6.45) is 2.65. The zero-order valence-electron chi connectivity index (χ0n) is 6.90. The van der Waals surface area contributed by atoms with Crippen molar-refractivity contribution in [2.24, 2.45) is 0 Å². The SMILES string of the molecule is O=C(O)c1ncoc1[C@@H]1CCCO1. The molecule has 1 atom stereocenters. The molecular weight excluding hydrogens is 174 g/mol. The van der Waals surface area contributed by atoms with Crippen LogP contribution in [0.25, 0.3) is 0 Å². The monoisotopic (exact) mass is 183 g/mol. The van der Waals surface area contributed by atoms with E-state index in [2.05, 4.69) is 4.98 Å². The molecule has 0 aliphatic carbocycles. The van der Waals surface area contributed by atoms with Crippen molar-refractivity contribution in [2.45, 2.75) is 18.9 Å². The first kappa shape index (κ1) is 8.25. The van der Waals surface area contributed by atoms with Crippen LogP contribution in [-0.2, 0) is 4.74 Å². The molecule has 13 heavy (non-hydrogen) atoms. The Morgan fingerprint density at radius 3 is 3.15 bits per heavy atom. The van der Waals surface area contributed by atoms with Crippen LogP contribution in [0.15, 0.2) is 10.8 Å². The first-order chi connectivity index (χ1) is 6.29. The van der Waals surface area contributed by atoms with E-state index in [0.717, 1.165) is 19.2 Å². The predicted molar refractivity (Wildman–Crippen MR) is 41.4 cm³/mol. The first-order valence-corrected chi connectivity index (χ1v) is 4.07. The molecule has 1 N–H and O–H groups in total. The van der Waals surface area contributed by atoms with Crippen LogP contribution in [0.5, 0.6) is 0 Å². The maximum atomic E-state index is 10.7. The van der Waals surface area contributed by atoms with Gasteiger partial charge in [-0.15, -0.1) is 0 Å².